The molecule has 37 heavy (non-hydrogen) atoms. The smallest absolute Gasteiger partial charge is 0.240 e. The summed E-state index contributed by atoms with van der Waals surface area (Å²) < 4.78 is 0. The van der Waals surface area contributed by atoms with Gasteiger partial charge in [-0.15, -0.1) is 0 Å². The molecule has 1 atom stereocenters. The lowest BCUT2D eigenvalue weighted by Gasteiger charge is -2.33. The highest BCUT2D eigenvalue weighted by atomic mass is 16.3. The molecule has 0 saturated heterocycles. The third-order valence-electron chi connectivity index (χ3n) is 6.28. The van der Waals surface area contributed by atoms with Crippen molar-refractivity contribution in [2.75, 3.05) is 13.1 Å². The average Bonchev–Trinajstić information content (AvgIpc) is 2.91. The van der Waals surface area contributed by atoms with E-state index in [4.69, 9.17) is 17.2 Å². The molecule has 0 aromatic heterocycles. The van der Waals surface area contributed by atoms with Gasteiger partial charge in [0.1, 0.15) is 6.04 Å². The van der Waals surface area contributed by atoms with Crippen LogP contribution in [0.4, 0.5) is 0 Å². The van der Waals surface area contributed by atoms with Gasteiger partial charge in [-0.2, -0.15) is 0 Å². The number of benzene rings is 3. The molecule has 8 heteroatoms. The first-order valence-electron chi connectivity index (χ1n) is 12.3. The minimum atomic E-state index is -0.826. The minimum Gasteiger partial charge on any atom is -0.392 e. The number of aliphatic hydroxyl groups excluding tert-OH is 1. The summed E-state index contributed by atoms with van der Waals surface area (Å²) in [4.78, 5) is 32.5. The molecule has 0 heterocycles. The molecule has 0 bridgehead atoms. The van der Waals surface area contributed by atoms with Crippen molar-refractivity contribution >= 4 is 17.8 Å². The van der Waals surface area contributed by atoms with E-state index < -0.39 is 17.9 Å². The van der Waals surface area contributed by atoms with Gasteiger partial charge in [0.15, 0.2) is 5.96 Å². The standard InChI is InChI=1S/C29H35N5O3/c30-27(36)25(12-7-18-33-29(31)32)34(19-17-21-13-15-22(20-35)16-14-21)28(37)26(23-8-3-1-4-9-23)24-10-5-2-6-11-24/h1-6,8-11,13-16,25-26,35H,7,12,17-20H2,(H2,30,36)(H4,31,32,33)/t25-/m1/s1. The molecule has 0 aliphatic heterocycles. The molecule has 3 rings (SSSR count). The van der Waals surface area contributed by atoms with Crippen LogP contribution in [0.2, 0.25) is 0 Å². The Hall–Kier alpha value is -4.17. The van der Waals surface area contributed by atoms with Crippen LogP contribution in [0.5, 0.6) is 0 Å². The predicted octanol–water partition coefficient (Wildman–Crippen LogP) is 2.29. The van der Waals surface area contributed by atoms with Crippen LogP contribution in [-0.4, -0.2) is 46.9 Å². The number of carbonyl (C=O) groups excluding carboxylic acids is 2. The van der Waals surface area contributed by atoms with E-state index in [0.717, 1.165) is 22.3 Å². The number of aliphatic imine (C=N–C) groups is 1. The summed E-state index contributed by atoms with van der Waals surface area (Å²) in [5, 5.41) is 9.34. The van der Waals surface area contributed by atoms with Crippen LogP contribution < -0.4 is 17.2 Å². The SMILES string of the molecule is NC(=O)[C@@H](CCCN=C(N)N)N(CCc1ccc(CO)cc1)C(=O)C(c1ccccc1)c1ccccc1. The van der Waals surface area contributed by atoms with Crippen LogP contribution in [-0.2, 0) is 22.6 Å². The van der Waals surface area contributed by atoms with Crippen molar-refractivity contribution in [3.63, 3.8) is 0 Å². The Kier molecular flexibility index (Phi) is 10.2. The van der Waals surface area contributed by atoms with Crippen molar-refractivity contribution in [3.8, 4) is 0 Å². The van der Waals surface area contributed by atoms with E-state index >= 15 is 0 Å². The Labute approximate surface area is 217 Å². The predicted molar refractivity (Wildman–Crippen MR) is 145 cm³/mol. The van der Waals surface area contributed by atoms with E-state index in [-0.39, 0.29) is 18.5 Å². The number of carbonyl (C=O) groups is 2. The van der Waals surface area contributed by atoms with Crippen molar-refractivity contribution in [1.82, 2.24) is 4.90 Å². The van der Waals surface area contributed by atoms with Gasteiger partial charge in [0.05, 0.1) is 12.5 Å². The average molecular weight is 502 g/mol. The highest BCUT2D eigenvalue weighted by Gasteiger charge is 2.34. The van der Waals surface area contributed by atoms with Crippen molar-refractivity contribution < 1.29 is 14.7 Å². The number of amides is 2. The molecule has 0 spiro atoms. The van der Waals surface area contributed by atoms with Crippen LogP contribution in [0, 0.1) is 0 Å². The first kappa shape index (κ1) is 27.4. The summed E-state index contributed by atoms with van der Waals surface area (Å²) in [6, 6.07) is 25.7. The van der Waals surface area contributed by atoms with E-state index in [2.05, 4.69) is 4.99 Å². The summed E-state index contributed by atoms with van der Waals surface area (Å²) in [5.74, 6) is -1.40. The molecule has 7 N–H and O–H groups in total. The monoisotopic (exact) mass is 501 g/mol. The number of nitrogens with zero attached hydrogens (tertiary/aromatic N) is 2. The van der Waals surface area contributed by atoms with Crippen molar-refractivity contribution in [2.45, 2.75) is 37.8 Å². The van der Waals surface area contributed by atoms with Gasteiger partial charge in [-0.1, -0.05) is 84.9 Å². The molecule has 2 amide bonds. The Morgan fingerprint density at radius 3 is 1.84 bits per heavy atom. The normalized spacial score (nSPS) is 11.6. The number of hydrogen-bond donors (Lipinski definition) is 4. The topological polar surface area (TPSA) is 148 Å². The second-order valence-electron chi connectivity index (χ2n) is 8.88. The maximum absolute atomic E-state index is 14.3. The summed E-state index contributed by atoms with van der Waals surface area (Å²) in [6.07, 6.45) is 1.34. The summed E-state index contributed by atoms with van der Waals surface area (Å²) >= 11 is 0. The van der Waals surface area contributed by atoms with Gasteiger partial charge in [0, 0.05) is 13.1 Å². The van der Waals surface area contributed by atoms with Gasteiger partial charge in [-0.05, 0) is 41.5 Å². The molecular formula is C29H35N5O3. The number of aliphatic hydroxyl groups is 1. The molecule has 8 nitrogen and oxygen atoms in total. The quantitative estimate of drug-likeness (QED) is 0.161. The fraction of sp³-hybridized carbons (Fsp3) is 0.276. The molecule has 0 saturated carbocycles. The largest absolute Gasteiger partial charge is 0.392 e. The third-order valence-corrected chi connectivity index (χ3v) is 6.28. The zero-order valence-corrected chi connectivity index (χ0v) is 20.9. The maximum atomic E-state index is 14.3. The number of primary amides is 1. The van der Waals surface area contributed by atoms with E-state index in [1.54, 1.807) is 4.90 Å². The highest BCUT2D eigenvalue weighted by molar-refractivity contribution is 5.92. The number of guanidine groups is 1. The van der Waals surface area contributed by atoms with Gasteiger partial charge in [-0.3, -0.25) is 14.6 Å². The van der Waals surface area contributed by atoms with E-state index in [0.29, 0.717) is 32.4 Å². The molecule has 0 aliphatic rings. The first-order chi connectivity index (χ1) is 17.9. The van der Waals surface area contributed by atoms with E-state index in [1.807, 2.05) is 84.9 Å². The van der Waals surface area contributed by atoms with Gasteiger partial charge in [0.25, 0.3) is 0 Å². The second-order valence-corrected chi connectivity index (χ2v) is 8.88. The van der Waals surface area contributed by atoms with E-state index in [9.17, 15) is 14.7 Å². The van der Waals surface area contributed by atoms with E-state index in [1.165, 1.54) is 0 Å². The Morgan fingerprint density at radius 1 is 0.811 bits per heavy atom. The van der Waals surface area contributed by atoms with Crippen LogP contribution >= 0.6 is 0 Å². The zero-order valence-electron chi connectivity index (χ0n) is 20.9. The van der Waals surface area contributed by atoms with Gasteiger partial charge in [0.2, 0.25) is 11.8 Å². The molecule has 194 valence electrons. The lowest BCUT2D eigenvalue weighted by Crippen LogP contribution is -2.50. The molecule has 0 radical (unpaired) electrons. The zero-order chi connectivity index (χ0) is 26.6. The molecule has 0 fully saturated rings. The van der Waals surface area contributed by atoms with Gasteiger partial charge < -0.3 is 27.2 Å². The minimum absolute atomic E-state index is 0.0249. The lowest BCUT2D eigenvalue weighted by atomic mass is 9.89. The second kappa shape index (κ2) is 13.8. The molecule has 0 aliphatic carbocycles. The summed E-state index contributed by atoms with van der Waals surface area (Å²) in [7, 11) is 0. The number of rotatable bonds is 13. The van der Waals surface area contributed by atoms with Crippen LogP contribution in [0.3, 0.4) is 0 Å². The third kappa shape index (κ3) is 7.91. The van der Waals surface area contributed by atoms with Gasteiger partial charge >= 0.3 is 0 Å². The fourth-order valence-corrected chi connectivity index (χ4v) is 4.36. The van der Waals surface area contributed by atoms with Crippen molar-refractivity contribution in [3.05, 3.63) is 107 Å². The maximum Gasteiger partial charge on any atom is 0.240 e. The lowest BCUT2D eigenvalue weighted by molar-refractivity contribution is -0.140. The highest BCUT2D eigenvalue weighted by Crippen LogP contribution is 2.28. The first-order valence-corrected chi connectivity index (χ1v) is 12.3. The van der Waals surface area contributed by atoms with Crippen LogP contribution in [0.15, 0.2) is 89.9 Å². The molecule has 0 unspecified atom stereocenters. The Bertz CT molecular complexity index is 1120. The number of nitrogens with two attached hydrogens (primary N) is 3. The summed E-state index contributed by atoms with van der Waals surface area (Å²) in [6.45, 7) is 0.585. The van der Waals surface area contributed by atoms with Crippen molar-refractivity contribution in [2.24, 2.45) is 22.2 Å². The molecular weight excluding hydrogens is 466 g/mol. The molecule has 3 aromatic rings. The number of hydrogen-bond acceptors (Lipinski definition) is 4. The molecule has 3 aromatic carbocycles. The Morgan fingerprint density at radius 2 is 1.35 bits per heavy atom. The van der Waals surface area contributed by atoms with Gasteiger partial charge in [-0.25, -0.2) is 0 Å². The summed E-state index contributed by atoms with van der Waals surface area (Å²) in [5.41, 5.74) is 20.2. The van der Waals surface area contributed by atoms with Crippen LogP contribution in [0.25, 0.3) is 0 Å². The fourth-order valence-electron chi connectivity index (χ4n) is 4.36. The Balaban J connectivity index is 1.95. The van der Waals surface area contributed by atoms with Crippen LogP contribution in [0.1, 0.15) is 41.0 Å². The van der Waals surface area contributed by atoms with Crippen molar-refractivity contribution in [1.29, 1.82) is 0 Å².